The summed E-state index contributed by atoms with van der Waals surface area (Å²) in [5.74, 6) is 0.0340. The quantitative estimate of drug-likeness (QED) is 0.561. The van der Waals surface area contributed by atoms with Gasteiger partial charge in [-0.3, -0.25) is 0 Å². The van der Waals surface area contributed by atoms with Crippen LogP contribution in [0, 0.1) is 5.82 Å². The monoisotopic (exact) mass is 219 g/mol. The summed E-state index contributed by atoms with van der Waals surface area (Å²) < 4.78 is 13.2. The highest BCUT2D eigenvalue weighted by Gasteiger charge is 2.03. The Labute approximate surface area is 86.2 Å². The largest absolute Gasteiger partial charge is 0.242 e. The van der Waals surface area contributed by atoms with Gasteiger partial charge >= 0.3 is 0 Å². The second-order valence-corrected chi connectivity index (χ2v) is 3.12. The molecule has 0 N–H and O–H groups in total. The molecule has 0 saturated carbocycles. The van der Waals surface area contributed by atoms with Crippen molar-refractivity contribution < 1.29 is 4.39 Å². The molecule has 0 radical (unpaired) electrons. The van der Waals surface area contributed by atoms with Crippen molar-refractivity contribution in [1.82, 2.24) is 4.98 Å². The molecule has 1 rings (SSSR count). The average molecular weight is 220 g/mol. The van der Waals surface area contributed by atoms with Crippen molar-refractivity contribution in [2.24, 2.45) is 0 Å². The topological polar surface area (TPSA) is 12.9 Å². The Morgan fingerprint density at radius 3 is 3.00 bits per heavy atom. The Hall–Kier alpha value is -0.600. The van der Waals surface area contributed by atoms with Crippen LogP contribution < -0.4 is 0 Å². The maximum absolute atomic E-state index is 13.2. The van der Waals surface area contributed by atoms with Crippen LogP contribution in [0.4, 0.5) is 4.39 Å². The van der Waals surface area contributed by atoms with Gasteiger partial charge in [0.05, 0.1) is 0 Å². The fraction of sp³-hybridized carbons (Fsp3) is 0.222. The van der Waals surface area contributed by atoms with Gasteiger partial charge in [-0.1, -0.05) is 23.8 Å². The molecule has 1 nitrogen and oxygen atoms in total. The van der Waals surface area contributed by atoms with Crippen molar-refractivity contribution >= 4 is 29.3 Å². The summed E-state index contributed by atoms with van der Waals surface area (Å²) in [6, 6.07) is 1.56. The number of alkyl halides is 1. The molecule has 0 spiro atoms. The first-order valence-electron chi connectivity index (χ1n) is 3.78. The number of allylic oxidation sites excluding steroid dienone is 1. The summed E-state index contributed by atoms with van der Waals surface area (Å²) in [5.41, 5.74) is 0.435. The van der Waals surface area contributed by atoms with Gasteiger partial charge in [0.15, 0.2) is 11.0 Å². The highest BCUT2D eigenvalue weighted by Crippen LogP contribution is 2.16. The minimum absolute atomic E-state index is 0.104. The lowest BCUT2D eigenvalue weighted by Crippen LogP contribution is -1.86. The number of nitrogens with zero attached hydrogens (tertiary/aromatic N) is 1. The van der Waals surface area contributed by atoms with E-state index >= 15 is 0 Å². The van der Waals surface area contributed by atoms with E-state index in [9.17, 15) is 4.39 Å². The molecule has 13 heavy (non-hydrogen) atoms. The maximum atomic E-state index is 13.2. The number of hydrogen-bond donors (Lipinski definition) is 0. The molecular weight excluding hydrogens is 212 g/mol. The Balaban J connectivity index is 2.83. The standard InChI is InChI=1S/C9H8Cl2FN/c10-5-2-1-3-7-4-6-13-9(11)8(7)12/h1,3-4,6H,2,5H2. The third-order valence-corrected chi connectivity index (χ3v) is 1.93. The second kappa shape index (κ2) is 5.20. The van der Waals surface area contributed by atoms with E-state index in [0.717, 1.165) is 0 Å². The van der Waals surface area contributed by atoms with Gasteiger partial charge in [0.25, 0.3) is 0 Å². The molecular formula is C9H8Cl2FN. The van der Waals surface area contributed by atoms with E-state index in [-0.39, 0.29) is 5.15 Å². The van der Waals surface area contributed by atoms with Crippen molar-refractivity contribution in [2.75, 3.05) is 5.88 Å². The lowest BCUT2D eigenvalue weighted by Gasteiger charge is -1.96. The summed E-state index contributed by atoms with van der Waals surface area (Å²) in [4.78, 5) is 3.60. The number of hydrogen-bond acceptors (Lipinski definition) is 1. The molecule has 4 heteroatoms. The van der Waals surface area contributed by atoms with E-state index in [4.69, 9.17) is 23.2 Å². The molecule has 0 saturated heterocycles. The summed E-state index contributed by atoms with van der Waals surface area (Å²) in [6.07, 6.45) is 5.61. The minimum Gasteiger partial charge on any atom is -0.242 e. The van der Waals surface area contributed by atoms with Crippen LogP contribution in [0.1, 0.15) is 12.0 Å². The van der Waals surface area contributed by atoms with Gasteiger partial charge < -0.3 is 0 Å². The lowest BCUT2D eigenvalue weighted by molar-refractivity contribution is 0.619. The van der Waals surface area contributed by atoms with Gasteiger partial charge in [-0.25, -0.2) is 9.37 Å². The Morgan fingerprint density at radius 2 is 2.31 bits per heavy atom. The predicted octanol–water partition coefficient (Wildman–Crippen LogP) is 3.52. The molecule has 1 heterocycles. The van der Waals surface area contributed by atoms with Crippen LogP contribution in [0.15, 0.2) is 18.3 Å². The first-order chi connectivity index (χ1) is 6.25. The maximum Gasteiger partial charge on any atom is 0.167 e. The first-order valence-corrected chi connectivity index (χ1v) is 4.69. The van der Waals surface area contributed by atoms with Gasteiger partial charge in [-0.15, -0.1) is 11.6 Å². The highest BCUT2D eigenvalue weighted by molar-refractivity contribution is 6.29. The Bertz CT molecular complexity index is 312. The minimum atomic E-state index is -0.491. The summed E-state index contributed by atoms with van der Waals surface area (Å²) >= 11 is 10.9. The molecule has 1 aromatic heterocycles. The fourth-order valence-electron chi connectivity index (χ4n) is 0.834. The van der Waals surface area contributed by atoms with Crippen LogP contribution in [0.2, 0.25) is 5.15 Å². The van der Waals surface area contributed by atoms with Crippen LogP contribution in [0.3, 0.4) is 0 Å². The van der Waals surface area contributed by atoms with E-state index in [1.54, 1.807) is 18.2 Å². The zero-order chi connectivity index (χ0) is 9.68. The average Bonchev–Trinajstić information content (AvgIpc) is 2.13. The molecule has 70 valence electrons. The van der Waals surface area contributed by atoms with Crippen molar-refractivity contribution in [3.63, 3.8) is 0 Å². The van der Waals surface area contributed by atoms with Crippen LogP contribution in [-0.2, 0) is 0 Å². The summed E-state index contributed by atoms with van der Waals surface area (Å²) in [7, 11) is 0. The molecule has 0 aliphatic rings. The Kier molecular flexibility index (Phi) is 4.19. The third kappa shape index (κ3) is 2.98. The number of aromatic nitrogens is 1. The van der Waals surface area contributed by atoms with Gasteiger partial charge in [0.2, 0.25) is 0 Å². The smallest absolute Gasteiger partial charge is 0.167 e. The van der Waals surface area contributed by atoms with Crippen LogP contribution in [0.25, 0.3) is 6.08 Å². The van der Waals surface area contributed by atoms with Crippen molar-refractivity contribution in [1.29, 1.82) is 0 Å². The van der Waals surface area contributed by atoms with Crippen molar-refractivity contribution in [2.45, 2.75) is 6.42 Å². The number of pyridine rings is 1. The normalized spacial score (nSPS) is 11.0. The Morgan fingerprint density at radius 1 is 1.54 bits per heavy atom. The fourth-order valence-corrected chi connectivity index (χ4v) is 1.13. The number of rotatable bonds is 3. The predicted molar refractivity (Wildman–Crippen MR) is 53.6 cm³/mol. The molecule has 0 bridgehead atoms. The van der Waals surface area contributed by atoms with E-state index in [2.05, 4.69) is 4.98 Å². The van der Waals surface area contributed by atoms with Gasteiger partial charge in [0.1, 0.15) is 0 Å². The van der Waals surface area contributed by atoms with Crippen LogP contribution in [0.5, 0.6) is 0 Å². The van der Waals surface area contributed by atoms with Crippen molar-refractivity contribution in [3.8, 4) is 0 Å². The zero-order valence-electron chi connectivity index (χ0n) is 6.80. The second-order valence-electron chi connectivity index (χ2n) is 2.38. The molecule has 0 atom stereocenters. The van der Waals surface area contributed by atoms with E-state index in [0.29, 0.717) is 17.9 Å². The summed E-state index contributed by atoms with van der Waals surface area (Å²) in [5, 5.41) is -0.104. The highest BCUT2D eigenvalue weighted by atomic mass is 35.5. The first kappa shape index (κ1) is 10.5. The van der Waals surface area contributed by atoms with Gasteiger partial charge in [0, 0.05) is 17.6 Å². The number of halogens is 3. The molecule has 1 aromatic rings. The molecule has 0 fully saturated rings. The molecule has 0 aliphatic carbocycles. The molecule has 0 unspecified atom stereocenters. The van der Waals surface area contributed by atoms with Crippen molar-refractivity contribution in [3.05, 3.63) is 34.9 Å². The van der Waals surface area contributed by atoms with Gasteiger partial charge in [-0.2, -0.15) is 0 Å². The van der Waals surface area contributed by atoms with E-state index in [1.807, 2.05) is 0 Å². The summed E-state index contributed by atoms with van der Waals surface area (Å²) in [6.45, 7) is 0. The third-order valence-electron chi connectivity index (χ3n) is 1.45. The van der Waals surface area contributed by atoms with Crippen LogP contribution in [-0.4, -0.2) is 10.9 Å². The zero-order valence-corrected chi connectivity index (χ0v) is 8.32. The lowest BCUT2D eigenvalue weighted by atomic mass is 10.2. The molecule has 0 amide bonds. The molecule has 0 aliphatic heterocycles. The molecule has 0 aromatic carbocycles. The van der Waals surface area contributed by atoms with E-state index in [1.165, 1.54) is 6.20 Å². The van der Waals surface area contributed by atoms with Gasteiger partial charge in [-0.05, 0) is 12.5 Å². The van der Waals surface area contributed by atoms with E-state index < -0.39 is 5.82 Å². The SMILES string of the molecule is Fc1c(C=CCCCl)ccnc1Cl. The van der Waals surface area contributed by atoms with Crippen LogP contribution >= 0.6 is 23.2 Å².